The van der Waals surface area contributed by atoms with Gasteiger partial charge in [0.25, 0.3) is 0 Å². The SMILES string of the molecule is CCCCC1CCC(CO)(CC(C)CCC)CC1. The molecule has 0 amide bonds. The normalized spacial score (nSPS) is 30.3. The van der Waals surface area contributed by atoms with Crippen molar-refractivity contribution in [2.24, 2.45) is 17.3 Å². The fourth-order valence-electron chi connectivity index (χ4n) is 3.83. The van der Waals surface area contributed by atoms with Gasteiger partial charge in [-0.2, -0.15) is 0 Å². The van der Waals surface area contributed by atoms with Gasteiger partial charge in [-0.15, -0.1) is 0 Å². The molecule has 1 saturated carbocycles. The van der Waals surface area contributed by atoms with E-state index in [-0.39, 0.29) is 5.41 Å². The molecule has 0 aromatic carbocycles. The van der Waals surface area contributed by atoms with Gasteiger partial charge in [0.05, 0.1) is 0 Å². The fourth-order valence-corrected chi connectivity index (χ4v) is 3.83. The Balaban J connectivity index is 2.39. The van der Waals surface area contributed by atoms with Crippen LogP contribution in [0.5, 0.6) is 0 Å². The summed E-state index contributed by atoms with van der Waals surface area (Å²) in [6, 6.07) is 0. The molecule has 0 aliphatic heterocycles. The minimum atomic E-state index is 0.275. The average molecular weight is 254 g/mol. The van der Waals surface area contributed by atoms with Gasteiger partial charge in [-0.1, -0.05) is 52.9 Å². The van der Waals surface area contributed by atoms with Crippen LogP contribution in [0.2, 0.25) is 0 Å². The molecule has 0 bridgehead atoms. The third kappa shape index (κ3) is 4.91. The molecule has 1 unspecified atom stereocenters. The van der Waals surface area contributed by atoms with Gasteiger partial charge in [-0.25, -0.2) is 0 Å². The maximum atomic E-state index is 9.82. The second kappa shape index (κ2) is 8.19. The summed E-state index contributed by atoms with van der Waals surface area (Å²) in [5.74, 6) is 1.74. The van der Waals surface area contributed by atoms with Gasteiger partial charge in [0, 0.05) is 6.61 Å². The van der Waals surface area contributed by atoms with Crippen LogP contribution < -0.4 is 0 Å². The first-order valence-corrected chi connectivity index (χ1v) is 8.26. The van der Waals surface area contributed by atoms with Crippen LogP contribution in [0.25, 0.3) is 0 Å². The lowest BCUT2D eigenvalue weighted by atomic mass is 9.66. The molecule has 0 spiro atoms. The van der Waals surface area contributed by atoms with Crippen LogP contribution in [0.3, 0.4) is 0 Å². The lowest BCUT2D eigenvalue weighted by Gasteiger charge is -2.40. The number of hydrogen-bond acceptors (Lipinski definition) is 1. The van der Waals surface area contributed by atoms with E-state index in [1.807, 2.05) is 0 Å². The molecule has 108 valence electrons. The van der Waals surface area contributed by atoms with Crippen LogP contribution >= 0.6 is 0 Å². The molecule has 1 heteroatoms. The molecule has 1 atom stereocenters. The summed E-state index contributed by atoms with van der Waals surface area (Å²) < 4.78 is 0. The number of hydrogen-bond donors (Lipinski definition) is 1. The summed E-state index contributed by atoms with van der Waals surface area (Å²) in [6.45, 7) is 7.34. The van der Waals surface area contributed by atoms with Crippen molar-refractivity contribution in [3.05, 3.63) is 0 Å². The average Bonchev–Trinajstić information content (AvgIpc) is 2.38. The molecular weight excluding hydrogens is 220 g/mol. The van der Waals surface area contributed by atoms with Crippen molar-refractivity contribution in [1.29, 1.82) is 0 Å². The highest BCUT2D eigenvalue weighted by molar-refractivity contribution is 4.86. The third-order valence-corrected chi connectivity index (χ3v) is 5.03. The highest BCUT2D eigenvalue weighted by Gasteiger charge is 2.35. The molecule has 1 rings (SSSR count). The number of aliphatic hydroxyl groups is 1. The highest BCUT2D eigenvalue weighted by Crippen LogP contribution is 2.44. The van der Waals surface area contributed by atoms with Crippen molar-refractivity contribution in [3.63, 3.8) is 0 Å². The van der Waals surface area contributed by atoms with E-state index >= 15 is 0 Å². The smallest absolute Gasteiger partial charge is 0.0487 e. The van der Waals surface area contributed by atoms with Gasteiger partial charge in [0.2, 0.25) is 0 Å². The second-order valence-corrected chi connectivity index (χ2v) is 6.84. The monoisotopic (exact) mass is 254 g/mol. The van der Waals surface area contributed by atoms with Crippen LogP contribution in [-0.4, -0.2) is 11.7 Å². The van der Waals surface area contributed by atoms with E-state index in [0.717, 1.165) is 11.8 Å². The van der Waals surface area contributed by atoms with Crippen LogP contribution in [-0.2, 0) is 0 Å². The second-order valence-electron chi connectivity index (χ2n) is 6.84. The van der Waals surface area contributed by atoms with E-state index in [0.29, 0.717) is 6.61 Å². The first-order valence-electron chi connectivity index (χ1n) is 8.26. The Labute approximate surface area is 114 Å². The molecule has 0 heterocycles. The van der Waals surface area contributed by atoms with Crippen molar-refractivity contribution in [1.82, 2.24) is 0 Å². The van der Waals surface area contributed by atoms with Crippen LogP contribution in [0.4, 0.5) is 0 Å². The van der Waals surface area contributed by atoms with Crippen molar-refractivity contribution >= 4 is 0 Å². The summed E-state index contributed by atoms with van der Waals surface area (Å²) in [7, 11) is 0. The molecule has 1 aliphatic rings. The minimum Gasteiger partial charge on any atom is -0.396 e. The lowest BCUT2D eigenvalue weighted by Crippen LogP contribution is -2.33. The first-order chi connectivity index (χ1) is 8.65. The summed E-state index contributed by atoms with van der Waals surface area (Å²) >= 11 is 0. The Hall–Kier alpha value is -0.0400. The molecule has 1 aliphatic carbocycles. The van der Waals surface area contributed by atoms with Gasteiger partial charge in [-0.05, 0) is 49.4 Å². The minimum absolute atomic E-state index is 0.275. The van der Waals surface area contributed by atoms with E-state index < -0.39 is 0 Å². The number of rotatable bonds is 8. The predicted octanol–water partition coefficient (Wildman–Crippen LogP) is 5.17. The molecule has 0 aromatic heterocycles. The third-order valence-electron chi connectivity index (χ3n) is 5.03. The van der Waals surface area contributed by atoms with Gasteiger partial charge in [0.1, 0.15) is 0 Å². The Kier molecular flexibility index (Phi) is 7.29. The zero-order valence-corrected chi connectivity index (χ0v) is 12.9. The van der Waals surface area contributed by atoms with Gasteiger partial charge in [0.15, 0.2) is 0 Å². The summed E-state index contributed by atoms with van der Waals surface area (Å²) in [4.78, 5) is 0. The van der Waals surface area contributed by atoms with Crippen molar-refractivity contribution in [2.45, 2.75) is 85.0 Å². The Bertz CT molecular complexity index is 204. The Morgan fingerprint density at radius 1 is 1.17 bits per heavy atom. The fraction of sp³-hybridized carbons (Fsp3) is 1.00. The first kappa shape index (κ1) is 16.0. The molecule has 0 saturated heterocycles. The number of aliphatic hydroxyl groups excluding tert-OH is 1. The quantitative estimate of drug-likeness (QED) is 0.633. The van der Waals surface area contributed by atoms with Crippen molar-refractivity contribution < 1.29 is 5.11 Å². The molecule has 0 radical (unpaired) electrons. The summed E-state index contributed by atoms with van der Waals surface area (Å²) in [5.41, 5.74) is 0.275. The topological polar surface area (TPSA) is 20.2 Å². The zero-order chi connectivity index (χ0) is 13.4. The van der Waals surface area contributed by atoms with Gasteiger partial charge in [-0.3, -0.25) is 0 Å². The van der Waals surface area contributed by atoms with Crippen molar-refractivity contribution in [2.75, 3.05) is 6.61 Å². The highest BCUT2D eigenvalue weighted by atomic mass is 16.3. The van der Waals surface area contributed by atoms with E-state index in [2.05, 4.69) is 20.8 Å². The molecule has 0 aromatic rings. The molecular formula is C17H34O. The maximum absolute atomic E-state index is 9.82. The molecule has 1 fully saturated rings. The van der Waals surface area contributed by atoms with E-state index in [4.69, 9.17) is 0 Å². The summed E-state index contributed by atoms with van der Waals surface area (Å²) in [6.07, 6.45) is 13.2. The molecule has 1 N–H and O–H groups in total. The molecule has 18 heavy (non-hydrogen) atoms. The molecule has 1 nitrogen and oxygen atoms in total. The maximum Gasteiger partial charge on any atom is 0.0487 e. The van der Waals surface area contributed by atoms with E-state index in [1.54, 1.807) is 0 Å². The lowest BCUT2D eigenvalue weighted by molar-refractivity contribution is 0.0397. The van der Waals surface area contributed by atoms with Crippen LogP contribution in [0.15, 0.2) is 0 Å². The predicted molar refractivity (Wildman–Crippen MR) is 79.7 cm³/mol. The van der Waals surface area contributed by atoms with Crippen LogP contribution in [0, 0.1) is 17.3 Å². The summed E-state index contributed by atoms with van der Waals surface area (Å²) in [5, 5.41) is 9.82. The number of unbranched alkanes of at least 4 members (excludes halogenated alkanes) is 1. The zero-order valence-electron chi connectivity index (χ0n) is 12.9. The largest absolute Gasteiger partial charge is 0.396 e. The van der Waals surface area contributed by atoms with Crippen molar-refractivity contribution in [3.8, 4) is 0 Å². The standard InChI is InChI=1S/C17H34O/c1-4-6-8-16-9-11-17(14-18,12-10-16)13-15(3)7-5-2/h15-16,18H,4-14H2,1-3H3. The Morgan fingerprint density at radius 3 is 2.33 bits per heavy atom. The Morgan fingerprint density at radius 2 is 1.83 bits per heavy atom. The van der Waals surface area contributed by atoms with Gasteiger partial charge < -0.3 is 5.11 Å². The van der Waals surface area contributed by atoms with E-state index in [9.17, 15) is 5.11 Å². The van der Waals surface area contributed by atoms with E-state index in [1.165, 1.54) is 64.2 Å². The van der Waals surface area contributed by atoms with Crippen LogP contribution in [0.1, 0.15) is 85.0 Å². The van der Waals surface area contributed by atoms with Gasteiger partial charge >= 0.3 is 0 Å².